The van der Waals surface area contributed by atoms with Crippen LogP contribution in [0.3, 0.4) is 0 Å². The Bertz CT molecular complexity index is 1070. The van der Waals surface area contributed by atoms with Crippen molar-refractivity contribution in [1.82, 2.24) is 15.2 Å². The van der Waals surface area contributed by atoms with Crippen LogP contribution in [0, 0.1) is 0 Å². The molecule has 172 valence electrons. The Balaban J connectivity index is 1.29. The molecule has 0 bridgehead atoms. The lowest BCUT2D eigenvalue weighted by atomic mass is 10.1. The number of rotatable bonds is 8. The molecule has 1 N–H and O–H groups in total. The zero-order chi connectivity index (χ0) is 23.0. The van der Waals surface area contributed by atoms with Crippen LogP contribution in [0.25, 0.3) is 11.5 Å². The fourth-order valence-electron chi connectivity index (χ4n) is 3.85. The molecule has 3 aromatic rings. The van der Waals surface area contributed by atoms with E-state index >= 15 is 0 Å². The molecule has 1 saturated heterocycles. The average Bonchev–Trinajstić information content (AvgIpc) is 3.35. The van der Waals surface area contributed by atoms with Crippen LogP contribution in [-0.4, -0.2) is 41.4 Å². The predicted molar refractivity (Wildman–Crippen MR) is 125 cm³/mol. The third kappa shape index (κ3) is 6.00. The van der Waals surface area contributed by atoms with Crippen LogP contribution in [0.4, 0.5) is 0 Å². The number of nitrogens with zero attached hydrogens (tertiary/aromatic N) is 2. The van der Waals surface area contributed by atoms with Gasteiger partial charge in [-0.2, -0.15) is 0 Å². The molecule has 0 spiro atoms. The fourth-order valence-corrected chi connectivity index (χ4v) is 3.85. The standard InChI is InChI=1S/C26H29N3O4/c1-2-32-22-12-8-19(9-13-22)16-24(30)27-17-20-6-10-21(11-7-20)25-28-23(18-33-25)26(31)29-14-4-3-5-15-29/h6-13,18H,2-5,14-17H2,1H3,(H,27,30). The Labute approximate surface area is 193 Å². The number of aromatic nitrogens is 1. The zero-order valence-corrected chi connectivity index (χ0v) is 18.9. The molecule has 2 heterocycles. The maximum atomic E-state index is 12.6. The van der Waals surface area contributed by atoms with Gasteiger partial charge in [-0.05, 0) is 61.6 Å². The predicted octanol–water partition coefficient (Wildman–Crippen LogP) is 4.23. The first-order chi connectivity index (χ1) is 16.1. The fraction of sp³-hybridized carbons (Fsp3) is 0.346. The second-order valence-electron chi connectivity index (χ2n) is 8.12. The van der Waals surface area contributed by atoms with Gasteiger partial charge in [-0.15, -0.1) is 0 Å². The summed E-state index contributed by atoms with van der Waals surface area (Å²) in [6.07, 6.45) is 4.99. The summed E-state index contributed by atoms with van der Waals surface area (Å²) in [5.41, 5.74) is 3.04. The number of oxazole rings is 1. The highest BCUT2D eigenvalue weighted by molar-refractivity contribution is 5.92. The number of benzene rings is 2. The topological polar surface area (TPSA) is 84.7 Å². The molecule has 0 unspecified atom stereocenters. The second kappa shape index (κ2) is 10.8. The molecule has 7 nitrogen and oxygen atoms in total. The molecular weight excluding hydrogens is 418 g/mol. The smallest absolute Gasteiger partial charge is 0.275 e. The van der Waals surface area contributed by atoms with Crippen molar-refractivity contribution in [3.8, 4) is 17.2 Å². The highest BCUT2D eigenvalue weighted by atomic mass is 16.5. The van der Waals surface area contributed by atoms with E-state index in [1.165, 1.54) is 12.7 Å². The summed E-state index contributed by atoms with van der Waals surface area (Å²) in [5.74, 6) is 1.10. The van der Waals surface area contributed by atoms with Crippen LogP contribution >= 0.6 is 0 Å². The van der Waals surface area contributed by atoms with Gasteiger partial charge in [-0.3, -0.25) is 9.59 Å². The molecule has 0 atom stereocenters. The number of likely N-dealkylation sites (tertiary alicyclic amines) is 1. The molecule has 7 heteroatoms. The summed E-state index contributed by atoms with van der Waals surface area (Å²) < 4.78 is 11.0. The third-order valence-electron chi connectivity index (χ3n) is 5.66. The number of carbonyl (C=O) groups is 2. The molecule has 1 fully saturated rings. The van der Waals surface area contributed by atoms with Crippen molar-refractivity contribution in [3.63, 3.8) is 0 Å². The van der Waals surface area contributed by atoms with Crippen molar-refractivity contribution in [3.05, 3.63) is 71.6 Å². The van der Waals surface area contributed by atoms with Crippen LogP contribution in [0.1, 0.15) is 47.8 Å². The van der Waals surface area contributed by atoms with Gasteiger partial charge in [-0.25, -0.2) is 4.98 Å². The lowest BCUT2D eigenvalue weighted by Crippen LogP contribution is -2.35. The Kier molecular flexibility index (Phi) is 7.40. The second-order valence-corrected chi connectivity index (χ2v) is 8.12. The van der Waals surface area contributed by atoms with E-state index in [1.54, 1.807) is 0 Å². The summed E-state index contributed by atoms with van der Waals surface area (Å²) in [5, 5.41) is 2.94. The normalized spacial score (nSPS) is 13.5. The van der Waals surface area contributed by atoms with E-state index in [0.29, 0.717) is 31.2 Å². The monoisotopic (exact) mass is 447 g/mol. The molecule has 2 amide bonds. The van der Waals surface area contributed by atoms with Crippen LogP contribution in [-0.2, 0) is 17.8 Å². The summed E-state index contributed by atoms with van der Waals surface area (Å²) >= 11 is 0. The van der Waals surface area contributed by atoms with E-state index < -0.39 is 0 Å². The van der Waals surface area contributed by atoms with Crippen molar-refractivity contribution in [2.24, 2.45) is 0 Å². The number of ether oxygens (including phenoxy) is 1. The first kappa shape index (κ1) is 22.6. The van der Waals surface area contributed by atoms with Crippen LogP contribution < -0.4 is 10.1 Å². The van der Waals surface area contributed by atoms with Crippen molar-refractivity contribution < 1.29 is 18.7 Å². The van der Waals surface area contributed by atoms with Gasteiger partial charge in [0.15, 0.2) is 5.69 Å². The highest BCUT2D eigenvalue weighted by Gasteiger charge is 2.21. The van der Waals surface area contributed by atoms with E-state index in [2.05, 4.69) is 10.3 Å². The van der Waals surface area contributed by atoms with Gasteiger partial charge >= 0.3 is 0 Å². The molecule has 33 heavy (non-hydrogen) atoms. The maximum absolute atomic E-state index is 12.6. The Hall–Kier alpha value is -3.61. The number of piperidine rings is 1. The van der Waals surface area contributed by atoms with Gasteiger partial charge in [0.2, 0.25) is 11.8 Å². The number of carbonyl (C=O) groups excluding carboxylic acids is 2. The number of hydrogen-bond donors (Lipinski definition) is 1. The Morgan fingerprint density at radius 3 is 2.39 bits per heavy atom. The van der Waals surface area contributed by atoms with Crippen molar-refractivity contribution in [1.29, 1.82) is 0 Å². The third-order valence-corrected chi connectivity index (χ3v) is 5.66. The summed E-state index contributed by atoms with van der Waals surface area (Å²) in [4.78, 5) is 31.1. The van der Waals surface area contributed by atoms with Crippen molar-refractivity contribution >= 4 is 11.8 Å². The molecule has 2 aromatic carbocycles. The summed E-state index contributed by atoms with van der Waals surface area (Å²) in [7, 11) is 0. The first-order valence-corrected chi connectivity index (χ1v) is 11.4. The van der Waals surface area contributed by atoms with Gasteiger partial charge in [0, 0.05) is 25.2 Å². The molecule has 1 aliphatic heterocycles. The zero-order valence-electron chi connectivity index (χ0n) is 18.9. The van der Waals surface area contributed by atoms with Gasteiger partial charge in [0.25, 0.3) is 5.91 Å². The molecular formula is C26H29N3O4. The van der Waals surface area contributed by atoms with Crippen LogP contribution in [0.2, 0.25) is 0 Å². The van der Waals surface area contributed by atoms with Crippen LogP contribution in [0.5, 0.6) is 5.75 Å². The van der Waals surface area contributed by atoms with E-state index in [9.17, 15) is 9.59 Å². The average molecular weight is 448 g/mol. The van der Waals surface area contributed by atoms with Gasteiger partial charge in [-0.1, -0.05) is 24.3 Å². The van der Waals surface area contributed by atoms with E-state index in [0.717, 1.165) is 48.4 Å². The van der Waals surface area contributed by atoms with Crippen molar-refractivity contribution in [2.75, 3.05) is 19.7 Å². The molecule has 4 rings (SSSR count). The van der Waals surface area contributed by atoms with E-state index in [1.807, 2.05) is 60.4 Å². The number of hydrogen-bond acceptors (Lipinski definition) is 5. The molecule has 0 aliphatic carbocycles. The highest BCUT2D eigenvalue weighted by Crippen LogP contribution is 2.21. The minimum absolute atomic E-state index is 0.0446. The van der Waals surface area contributed by atoms with Gasteiger partial charge in [0.05, 0.1) is 13.0 Å². The molecule has 1 aliphatic rings. The minimum atomic E-state index is -0.0726. The Morgan fingerprint density at radius 1 is 1.00 bits per heavy atom. The number of amides is 2. The molecule has 0 radical (unpaired) electrons. The molecule has 0 saturated carbocycles. The lowest BCUT2D eigenvalue weighted by molar-refractivity contribution is -0.120. The summed E-state index contributed by atoms with van der Waals surface area (Å²) in [6.45, 7) is 4.54. The molecule has 1 aromatic heterocycles. The number of nitrogens with one attached hydrogen (secondary N) is 1. The van der Waals surface area contributed by atoms with E-state index in [4.69, 9.17) is 9.15 Å². The van der Waals surface area contributed by atoms with Crippen molar-refractivity contribution in [2.45, 2.75) is 39.2 Å². The van der Waals surface area contributed by atoms with Crippen LogP contribution in [0.15, 0.2) is 59.2 Å². The van der Waals surface area contributed by atoms with E-state index in [-0.39, 0.29) is 11.8 Å². The van der Waals surface area contributed by atoms with Gasteiger partial charge in [0.1, 0.15) is 12.0 Å². The van der Waals surface area contributed by atoms with Gasteiger partial charge < -0.3 is 19.4 Å². The SMILES string of the molecule is CCOc1ccc(CC(=O)NCc2ccc(-c3nc(C(=O)N4CCCCC4)co3)cc2)cc1. The maximum Gasteiger partial charge on any atom is 0.275 e. The lowest BCUT2D eigenvalue weighted by Gasteiger charge is -2.25. The Morgan fingerprint density at radius 2 is 1.70 bits per heavy atom. The quantitative estimate of drug-likeness (QED) is 0.559. The first-order valence-electron chi connectivity index (χ1n) is 11.4. The minimum Gasteiger partial charge on any atom is -0.494 e. The summed E-state index contributed by atoms with van der Waals surface area (Å²) in [6, 6.07) is 15.2. The largest absolute Gasteiger partial charge is 0.494 e.